The van der Waals surface area contributed by atoms with E-state index in [-0.39, 0.29) is 5.75 Å². The van der Waals surface area contributed by atoms with Crippen LogP contribution in [0.25, 0.3) is 17.3 Å². The molecule has 0 unspecified atom stereocenters. The Morgan fingerprint density at radius 2 is 1.81 bits per heavy atom. The summed E-state index contributed by atoms with van der Waals surface area (Å²) in [4.78, 5) is 7.19. The fourth-order valence-corrected chi connectivity index (χ4v) is 2.73. The van der Waals surface area contributed by atoms with E-state index in [1.807, 2.05) is 24.4 Å². The molecule has 0 saturated carbocycles. The van der Waals surface area contributed by atoms with Crippen molar-refractivity contribution < 1.29 is 17.9 Å². The fraction of sp³-hybridized carbons (Fsp3) is 0.111. The predicted molar refractivity (Wildman–Crippen MR) is 91.1 cm³/mol. The summed E-state index contributed by atoms with van der Waals surface area (Å²) in [5.41, 5.74) is 4.56. The van der Waals surface area contributed by atoms with Gasteiger partial charge in [0.25, 0.3) is 0 Å². The highest BCUT2D eigenvalue weighted by Crippen LogP contribution is 2.25. The molecule has 0 atom stereocenters. The number of hydrogen-bond donors (Lipinski definition) is 2. The highest BCUT2D eigenvalue weighted by Gasteiger charge is 2.30. The van der Waals surface area contributed by atoms with E-state index in [0.29, 0.717) is 6.54 Å². The highest BCUT2D eigenvalue weighted by molar-refractivity contribution is 5.64. The first-order valence-electron chi connectivity index (χ1n) is 8.03. The van der Waals surface area contributed by atoms with Crippen LogP contribution in [-0.4, -0.2) is 21.3 Å². The molecule has 4 rings (SSSR count). The third-order valence-corrected chi connectivity index (χ3v) is 3.92. The lowest BCUT2D eigenvalue weighted by Crippen LogP contribution is -2.42. The molecule has 0 amide bonds. The topological polar surface area (TPSA) is 65.5 Å². The van der Waals surface area contributed by atoms with Crippen molar-refractivity contribution in [3.05, 3.63) is 71.3 Å². The normalized spacial score (nSPS) is 13.2. The van der Waals surface area contributed by atoms with Crippen molar-refractivity contribution in [1.82, 2.24) is 20.5 Å². The lowest BCUT2D eigenvalue weighted by Gasteiger charge is -2.20. The summed E-state index contributed by atoms with van der Waals surface area (Å²) in [6.07, 6.45) is 0.618. The Labute approximate surface area is 151 Å². The van der Waals surface area contributed by atoms with Gasteiger partial charge in [-0.1, -0.05) is 18.2 Å². The number of nitrogens with one attached hydrogen (secondary N) is 2. The van der Waals surface area contributed by atoms with Crippen LogP contribution in [0.5, 0.6) is 5.75 Å². The molecular weight excluding hydrogens is 359 g/mol. The van der Waals surface area contributed by atoms with Crippen molar-refractivity contribution >= 4 is 6.20 Å². The number of halogens is 3. The SMILES string of the molecule is FC(F)(F)Oc1ccc(-c2ccc3c(c2)=CN(Cc2ncc[nH]2)NN=3)cc1. The molecule has 1 aliphatic heterocycles. The van der Waals surface area contributed by atoms with Crippen LogP contribution in [0.4, 0.5) is 13.2 Å². The van der Waals surface area contributed by atoms with E-state index >= 15 is 0 Å². The molecule has 2 heterocycles. The number of nitrogens with zero attached hydrogens (tertiary/aromatic N) is 3. The average Bonchev–Trinajstić information content (AvgIpc) is 3.13. The number of ether oxygens (including phenoxy) is 1. The van der Waals surface area contributed by atoms with E-state index in [4.69, 9.17) is 0 Å². The van der Waals surface area contributed by atoms with Gasteiger partial charge in [0.2, 0.25) is 0 Å². The molecule has 2 N–H and O–H groups in total. The number of imidazole rings is 1. The maximum absolute atomic E-state index is 12.3. The first-order chi connectivity index (χ1) is 13.0. The molecule has 9 heteroatoms. The monoisotopic (exact) mass is 373 g/mol. The van der Waals surface area contributed by atoms with E-state index in [2.05, 4.69) is 25.3 Å². The fourth-order valence-electron chi connectivity index (χ4n) is 2.73. The zero-order valence-corrected chi connectivity index (χ0v) is 13.9. The summed E-state index contributed by atoms with van der Waals surface area (Å²) < 4.78 is 40.7. The number of rotatable bonds is 4. The van der Waals surface area contributed by atoms with Crippen LogP contribution in [-0.2, 0) is 6.54 Å². The van der Waals surface area contributed by atoms with Gasteiger partial charge in [-0.25, -0.2) is 10.5 Å². The summed E-state index contributed by atoms with van der Waals surface area (Å²) in [5.74, 6) is 0.536. The van der Waals surface area contributed by atoms with Gasteiger partial charge in [0.05, 0.1) is 11.9 Å². The summed E-state index contributed by atoms with van der Waals surface area (Å²) in [6.45, 7) is 0.504. The minimum Gasteiger partial charge on any atom is -0.406 e. The Kier molecular flexibility index (Phi) is 4.19. The molecule has 2 aromatic carbocycles. The lowest BCUT2D eigenvalue weighted by atomic mass is 10.0. The number of fused-ring (bicyclic) bond motifs is 1. The molecule has 27 heavy (non-hydrogen) atoms. The Morgan fingerprint density at radius 1 is 1.04 bits per heavy atom. The molecule has 0 spiro atoms. The molecule has 138 valence electrons. The van der Waals surface area contributed by atoms with Gasteiger partial charge < -0.3 is 9.72 Å². The minimum absolute atomic E-state index is 0.250. The molecule has 0 bridgehead atoms. The minimum atomic E-state index is -4.70. The smallest absolute Gasteiger partial charge is 0.406 e. The third kappa shape index (κ3) is 4.02. The van der Waals surface area contributed by atoms with Gasteiger partial charge in [0, 0.05) is 23.8 Å². The molecule has 0 radical (unpaired) electrons. The molecule has 3 aromatic rings. The first kappa shape index (κ1) is 17.0. The van der Waals surface area contributed by atoms with Crippen LogP contribution < -0.4 is 20.8 Å². The molecule has 1 aromatic heterocycles. The van der Waals surface area contributed by atoms with Crippen LogP contribution >= 0.6 is 0 Å². The predicted octanol–water partition coefficient (Wildman–Crippen LogP) is 2.27. The number of alkyl halides is 3. The van der Waals surface area contributed by atoms with Crippen LogP contribution in [0.1, 0.15) is 5.82 Å². The molecule has 1 aliphatic rings. The third-order valence-electron chi connectivity index (χ3n) is 3.92. The second-order valence-corrected chi connectivity index (χ2v) is 5.85. The maximum Gasteiger partial charge on any atom is 0.573 e. The highest BCUT2D eigenvalue weighted by atomic mass is 19.4. The number of H-pyrrole nitrogens is 1. The lowest BCUT2D eigenvalue weighted by molar-refractivity contribution is -0.274. The van der Waals surface area contributed by atoms with Gasteiger partial charge in [-0.05, 0) is 35.4 Å². The number of hydrazine groups is 1. The van der Waals surface area contributed by atoms with Crippen LogP contribution in [0.15, 0.2) is 60.0 Å². The Morgan fingerprint density at radius 3 is 2.52 bits per heavy atom. The standard InChI is InChI=1S/C18H14F3N5O/c19-18(20,21)27-15-4-1-12(2-5-15)13-3-6-16-14(9-13)10-26(25-24-16)11-17-22-7-8-23-17/h1-10,25H,11H2,(H,22,23). The second-order valence-electron chi connectivity index (χ2n) is 5.85. The van der Waals surface area contributed by atoms with E-state index in [0.717, 1.165) is 27.5 Å². The number of aromatic amines is 1. The van der Waals surface area contributed by atoms with Crippen molar-refractivity contribution in [3.8, 4) is 16.9 Å². The average molecular weight is 373 g/mol. The van der Waals surface area contributed by atoms with E-state index in [1.54, 1.807) is 29.5 Å². The van der Waals surface area contributed by atoms with E-state index in [1.165, 1.54) is 12.1 Å². The summed E-state index contributed by atoms with van der Waals surface area (Å²) in [5, 5.41) is 7.74. The Hall–Kier alpha value is -3.49. The van der Waals surface area contributed by atoms with Gasteiger partial charge >= 0.3 is 6.36 Å². The molecule has 0 fully saturated rings. The number of hydrogen-bond acceptors (Lipinski definition) is 5. The zero-order valence-electron chi connectivity index (χ0n) is 13.9. The molecule has 0 saturated heterocycles. The molecular formula is C18H14F3N5O. The number of benzene rings is 2. The van der Waals surface area contributed by atoms with Gasteiger partial charge in [-0.2, -0.15) is 5.10 Å². The van der Waals surface area contributed by atoms with Gasteiger partial charge in [0.15, 0.2) is 0 Å². The van der Waals surface area contributed by atoms with Crippen molar-refractivity contribution in [2.45, 2.75) is 12.9 Å². The van der Waals surface area contributed by atoms with Gasteiger partial charge in [0.1, 0.15) is 11.6 Å². The largest absolute Gasteiger partial charge is 0.573 e. The van der Waals surface area contributed by atoms with Gasteiger partial charge in [-0.15, -0.1) is 13.2 Å². The summed E-state index contributed by atoms with van der Waals surface area (Å²) >= 11 is 0. The summed E-state index contributed by atoms with van der Waals surface area (Å²) in [6, 6.07) is 11.4. The van der Waals surface area contributed by atoms with Crippen LogP contribution in [0.3, 0.4) is 0 Å². The Bertz CT molecular complexity index is 1050. The van der Waals surface area contributed by atoms with Crippen molar-refractivity contribution in [1.29, 1.82) is 0 Å². The van der Waals surface area contributed by atoms with E-state index in [9.17, 15) is 13.2 Å². The Balaban J connectivity index is 1.59. The number of aromatic nitrogens is 2. The summed E-state index contributed by atoms with van der Waals surface area (Å²) in [7, 11) is 0. The van der Waals surface area contributed by atoms with Gasteiger partial charge in [-0.3, -0.25) is 5.01 Å². The van der Waals surface area contributed by atoms with Crippen molar-refractivity contribution in [2.75, 3.05) is 0 Å². The molecule has 6 nitrogen and oxygen atoms in total. The molecule has 0 aliphatic carbocycles. The van der Waals surface area contributed by atoms with E-state index < -0.39 is 6.36 Å². The second kappa shape index (κ2) is 6.67. The zero-order chi connectivity index (χ0) is 18.9. The van der Waals surface area contributed by atoms with Crippen molar-refractivity contribution in [2.24, 2.45) is 5.10 Å². The quantitative estimate of drug-likeness (QED) is 0.737. The van der Waals surface area contributed by atoms with Crippen molar-refractivity contribution in [3.63, 3.8) is 0 Å². The van der Waals surface area contributed by atoms with Crippen LogP contribution in [0.2, 0.25) is 0 Å². The first-order valence-corrected chi connectivity index (χ1v) is 8.03. The maximum atomic E-state index is 12.3. The van der Waals surface area contributed by atoms with Crippen LogP contribution in [0, 0.1) is 0 Å².